The van der Waals surface area contributed by atoms with Crippen LogP contribution in [0.1, 0.15) is 49.9 Å². The summed E-state index contributed by atoms with van der Waals surface area (Å²) in [6.07, 6.45) is 9.49. The summed E-state index contributed by atoms with van der Waals surface area (Å²) >= 11 is 19.0. The van der Waals surface area contributed by atoms with E-state index in [0.29, 0.717) is 27.0 Å². The van der Waals surface area contributed by atoms with Gasteiger partial charge in [-0.3, -0.25) is 4.90 Å². The lowest BCUT2D eigenvalue weighted by Crippen LogP contribution is -2.49. The number of piperazine rings is 1. The van der Waals surface area contributed by atoms with E-state index < -0.39 is 0 Å². The highest BCUT2D eigenvalue weighted by molar-refractivity contribution is 7.71. The zero-order chi connectivity index (χ0) is 26.6. The Morgan fingerprint density at radius 3 is 2.10 bits per heavy atom. The van der Waals surface area contributed by atoms with Crippen LogP contribution >= 0.6 is 35.4 Å². The average Bonchev–Trinajstić information content (AvgIpc) is 3.24. The van der Waals surface area contributed by atoms with Crippen molar-refractivity contribution in [3.63, 3.8) is 0 Å². The third-order valence-electron chi connectivity index (χ3n) is 9.46. The van der Waals surface area contributed by atoms with Gasteiger partial charge in [-0.2, -0.15) is 14.9 Å². The van der Waals surface area contributed by atoms with Gasteiger partial charge < -0.3 is 4.90 Å². The molecule has 4 saturated carbocycles. The predicted molar refractivity (Wildman–Crippen MR) is 161 cm³/mol. The smallest absolute Gasteiger partial charge is 0.220 e. The summed E-state index contributed by atoms with van der Waals surface area (Å²) in [4.78, 5) is 4.90. The lowest BCUT2D eigenvalue weighted by Gasteiger charge is -2.55. The molecule has 0 radical (unpaired) electrons. The fraction of sp³-hybridized carbons (Fsp3) is 0.500. The molecule has 5 fully saturated rings. The second-order valence-corrected chi connectivity index (χ2v) is 13.3. The van der Waals surface area contributed by atoms with E-state index in [1.54, 1.807) is 6.21 Å². The number of para-hydroxylation sites is 1. The van der Waals surface area contributed by atoms with Gasteiger partial charge in [-0.15, -0.1) is 0 Å². The van der Waals surface area contributed by atoms with Crippen LogP contribution in [0.5, 0.6) is 0 Å². The highest BCUT2D eigenvalue weighted by Crippen LogP contribution is 2.60. The second kappa shape index (κ2) is 10.3. The summed E-state index contributed by atoms with van der Waals surface area (Å²) in [5, 5.41) is 11.4. The number of rotatable bonds is 6. The van der Waals surface area contributed by atoms with Gasteiger partial charge in [-0.25, -0.2) is 4.68 Å². The highest BCUT2D eigenvalue weighted by atomic mass is 35.5. The highest BCUT2D eigenvalue weighted by Gasteiger charge is 2.54. The van der Waals surface area contributed by atoms with Crippen LogP contribution in [0, 0.1) is 22.5 Å². The Hall–Kier alpha value is -2.19. The van der Waals surface area contributed by atoms with Crippen molar-refractivity contribution in [1.82, 2.24) is 19.4 Å². The fourth-order valence-corrected chi connectivity index (χ4v) is 8.76. The molecule has 204 valence electrons. The lowest BCUT2D eigenvalue weighted by molar-refractivity contribution is -0.0112. The van der Waals surface area contributed by atoms with Crippen molar-refractivity contribution >= 4 is 47.3 Å². The molecule has 4 bridgehead atoms. The molecular weight excluding hydrogens is 547 g/mol. The Morgan fingerprint density at radius 2 is 1.49 bits per heavy atom. The Bertz CT molecular complexity index is 1380. The van der Waals surface area contributed by atoms with Crippen molar-refractivity contribution in [2.75, 3.05) is 31.1 Å². The van der Waals surface area contributed by atoms with Gasteiger partial charge >= 0.3 is 0 Å². The molecule has 0 amide bonds. The number of aromatic nitrogens is 3. The Labute approximate surface area is 245 Å². The SMILES string of the molecule is S=c1n(CN2CCN(c3ccccc3)CC2)nc(C23CC4CC(CC(C4)C2)C3)n1/N=C/c1c(Cl)cccc1Cl. The molecule has 5 aliphatic rings. The van der Waals surface area contributed by atoms with Crippen LogP contribution in [0.4, 0.5) is 5.69 Å². The van der Waals surface area contributed by atoms with Gasteiger partial charge in [-0.1, -0.05) is 47.5 Å². The standard InChI is InChI=1S/C30H34Cl2N6S/c31-26-7-4-8-27(32)25(26)19-33-38-28(30-16-21-13-22(17-30)15-23(14-21)18-30)34-37(29(38)39)20-35-9-11-36(12-10-35)24-5-2-1-3-6-24/h1-8,19,21-23H,9-18,20H2/b33-19+. The molecular formula is C30H34Cl2N6S. The van der Waals surface area contributed by atoms with Gasteiger partial charge in [-0.05, 0) is 92.8 Å². The summed E-state index contributed by atoms with van der Waals surface area (Å²) in [5.41, 5.74) is 2.06. The molecule has 39 heavy (non-hydrogen) atoms. The molecule has 9 heteroatoms. The van der Waals surface area contributed by atoms with Crippen molar-refractivity contribution in [3.05, 3.63) is 74.7 Å². The van der Waals surface area contributed by atoms with Gasteiger partial charge in [0, 0.05) is 42.8 Å². The van der Waals surface area contributed by atoms with Gasteiger partial charge in [0.1, 0.15) is 0 Å². The van der Waals surface area contributed by atoms with Gasteiger partial charge in [0.25, 0.3) is 0 Å². The molecule has 4 aliphatic carbocycles. The maximum absolute atomic E-state index is 6.48. The molecule has 0 unspecified atom stereocenters. The van der Waals surface area contributed by atoms with Crippen LogP contribution < -0.4 is 4.90 Å². The first-order chi connectivity index (χ1) is 19.0. The van der Waals surface area contributed by atoms with E-state index in [-0.39, 0.29) is 5.41 Å². The van der Waals surface area contributed by atoms with Crippen molar-refractivity contribution < 1.29 is 0 Å². The number of benzene rings is 2. The Balaban J connectivity index is 1.20. The summed E-state index contributed by atoms with van der Waals surface area (Å²) in [7, 11) is 0. The molecule has 2 aromatic carbocycles. The summed E-state index contributed by atoms with van der Waals surface area (Å²) in [5.74, 6) is 3.44. The Kier molecular flexibility index (Phi) is 6.82. The number of anilines is 1. The summed E-state index contributed by atoms with van der Waals surface area (Å²) < 4.78 is 4.58. The van der Waals surface area contributed by atoms with Crippen molar-refractivity contribution in [2.24, 2.45) is 22.9 Å². The predicted octanol–water partition coefficient (Wildman–Crippen LogP) is 6.85. The first-order valence-corrected chi connectivity index (χ1v) is 15.3. The van der Waals surface area contributed by atoms with Crippen LogP contribution in [-0.4, -0.2) is 51.8 Å². The van der Waals surface area contributed by atoms with Crippen LogP contribution in [0.2, 0.25) is 10.0 Å². The minimum atomic E-state index is 0.0567. The largest absolute Gasteiger partial charge is 0.369 e. The maximum Gasteiger partial charge on any atom is 0.220 e. The number of nitrogens with zero attached hydrogens (tertiary/aromatic N) is 6. The zero-order valence-corrected chi connectivity index (χ0v) is 24.4. The average molecular weight is 582 g/mol. The van der Waals surface area contributed by atoms with E-state index in [0.717, 1.165) is 49.8 Å². The van der Waals surface area contributed by atoms with Crippen LogP contribution in [-0.2, 0) is 12.1 Å². The van der Waals surface area contributed by atoms with Gasteiger partial charge in [0.2, 0.25) is 4.77 Å². The van der Waals surface area contributed by atoms with Crippen molar-refractivity contribution in [2.45, 2.75) is 50.6 Å². The maximum atomic E-state index is 6.48. The third-order valence-corrected chi connectivity index (χ3v) is 10.5. The van der Waals surface area contributed by atoms with E-state index >= 15 is 0 Å². The van der Waals surface area contributed by atoms with E-state index in [4.69, 9.17) is 45.6 Å². The minimum absolute atomic E-state index is 0.0567. The molecule has 3 aromatic rings. The van der Waals surface area contributed by atoms with E-state index in [1.165, 1.54) is 44.2 Å². The molecule has 6 nitrogen and oxygen atoms in total. The first kappa shape index (κ1) is 25.8. The molecule has 1 saturated heterocycles. The van der Waals surface area contributed by atoms with Gasteiger partial charge in [0.15, 0.2) is 5.82 Å². The van der Waals surface area contributed by atoms with Crippen molar-refractivity contribution in [3.8, 4) is 0 Å². The second-order valence-electron chi connectivity index (χ2n) is 12.1. The van der Waals surface area contributed by atoms with Crippen molar-refractivity contribution in [1.29, 1.82) is 0 Å². The topological polar surface area (TPSA) is 41.6 Å². The molecule has 8 rings (SSSR count). The molecule has 0 spiro atoms. The minimum Gasteiger partial charge on any atom is -0.369 e. The van der Waals surface area contributed by atoms with Crippen LogP contribution in [0.3, 0.4) is 0 Å². The van der Waals surface area contributed by atoms with E-state index in [9.17, 15) is 0 Å². The lowest BCUT2D eigenvalue weighted by atomic mass is 9.49. The summed E-state index contributed by atoms with van der Waals surface area (Å²) in [6, 6.07) is 16.2. The van der Waals surface area contributed by atoms with E-state index in [1.807, 2.05) is 27.6 Å². The zero-order valence-electron chi connectivity index (χ0n) is 22.1. The molecule has 0 N–H and O–H groups in total. The van der Waals surface area contributed by atoms with Crippen LogP contribution in [0.15, 0.2) is 53.6 Å². The third kappa shape index (κ3) is 4.86. The summed E-state index contributed by atoms with van der Waals surface area (Å²) in [6.45, 7) is 4.59. The number of hydrogen-bond acceptors (Lipinski definition) is 5. The number of halogens is 2. The Morgan fingerprint density at radius 1 is 0.872 bits per heavy atom. The number of hydrogen-bond donors (Lipinski definition) is 0. The molecule has 0 atom stereocenters. The molecule has 2 heterocycles. The fourth-order valence-electron chi connectivity index (χ4n) is 8.04. The van der Waals surface area contributed by atoms with Gasteiger partial charge in [0.05, 0.1) is 22.9 Å². The monoisotopic (exact) mass is 580 g/mol. The van der Waals surface area contributed by atoms with E-state index in [2.05, 4.69) is 40.1 Å². The quantitative estimate of drug-likeness (QED) is 0.236. The normalized spacial score (nSPS) is 28.6. The first-order valence-electron chi connectivity index (χ1n) is 14.2. The molecule has 1 aliphatic heterocycles. The van der Waals surface area contributed by atoms with Crippen LogP contribution in [0.25, 0.3) is 0 Å². The molecule has 1 aromatic heterocycles.